The molecule has 0 bridgehead atoms. The summed E-state index contributed by atoms with van der Waals surface area (Å²) in [5.74, 6) is 0. The molecule has 0 spiro atoms. The molecule has 0 atom stereocenters. The van der Waals surface area contributed by atoms with Crippen LogP contribution in [-0.4, -0.2) is 11.7 Å². The molecule has 3 N–H and O–H groups in total. The molecule has 6 heteroatoms. The molecular weight excluding hydrogens is 321 g/mol. The molecule has 0 aliphatic rings. The molecule has 1 aromatic rings. The molecule has 1 rings (SSSR count). The molecule has 0 saturated carbocycles. The van der Waals surface area contributed by atoms with Gasteiger partial charge in [-0.25, -0.2) is 10.2 Å². The van der Waals surface area contributed by atoms with Crippen LogP contribution in [-0.2, 0) is 0 Å². The topological polar surface area (TPSA) is 67.5 Å². The van der Waals surface area contributed by atoms with E-state index in [9.17, 15) is 4.79 Å². The van der Waals surface area contributed by atoms with Crippen LogP contribution >= 0.6 is 23.2 Å². The average molecular weight is 342 g/mol. The fraction of sp³-hybridized carbons (Fsp3) is 0.375. The van der Waals surface area contributed by atoms with Crippen molar-refractivity contribution < 1.29 is 4.79 Å². The minimum absolute atomic E-state index is 0.500. The van der Waals surface area contributed by atoms with Crippen molar-refractivity contribution in [1.82, 2.24) is 5.43 Å². The van der Waals surface area contributed by atoms with Crippen molar-refractivity contribution in [2.75, 3.05) is 0 Å². The van der Waals surface area contributed by atoms with E-state index in [1.807, 2.05) is 18.2 Å². The predicted molar refractivity (Wildman–Crippen MR) is 94.4 cm³/mol. The quantitative estimate of drug-likeness (QED) is 0.390. The van der Waals surface area contributed by atoms with Gasteiger partial charge in [0.2, 0.25) is 0 Å². The number of rotatable bonds is 8. The van der Waals surface area contributed by atoms with Gasteiger partial charge in [-0.1, -0.05) is 61.5 Å². The second-order valence-electron chi connectivity index (χ2n) is 4.90. The minimum Gasteiger partial charge on any atom is -0.350 e. The van der Waals surface area contributed by atoms with Crippen molar-refractivity contribution in [2.45, 2.75) is 39.0 Å². The number of hydrogen-bond donors (Lipinski definition) is 2. The Labute approximate surface area is 141 Å². The third-order valence-corrected chi connectivity index (χ3v) is 3.75. The second kappa shape index (κ2) is 10.2. The van der Waals surface area contributed by atoms with Crippen LogP contribution in [0.25, 0.3) is 6.08 Å². The Morgan fingerprint density at radius 3 is 2.68 bits per heavy atom. The highest BCUT2D eigenvalue weighted by Crippen LogP contribution is 2.23. The third kappa shape index (κ3) is 7.48. The van der Waals surface area contributed by atoms with Crippen LogP contribution < -0.4 is 11.2 Å². The highest BCUT2D eigenvalue weighted by molar-refractivity contribution is 6.42. The Kier molecular flexibility index (Phi) is 8.63. The highest BCUT2D eigenvalue weighted by Gasteiger charge is 2.00. The largest absolute Gasteiger partial charge is 0.350 e. The van der Waals surface area contributed by atoms with Crippen LogP contribution in [0, 0.1) is 0 Å². The standard InChI is InChI=1S/C16H21Cl2N3O/c1-2-3-4-5-6-13(20-21-16(19)22)9-7-12-8-10-14(17)15(18)11-12/h7-11H,2-6H2,1H3,(H3,19,21,22)/b9-7+,20-13+. The van der Waals surface area contributed by atoms with Crippen LogP contribution in [0.15, 0.2) is 29.4 Å². The zero-order valence-electron chi connectivity index (χ0n) is 12.6. The fourth-order valence-corrected chi connectivity index (χ4v) is 2.15. The first kappa shape index (κ1) is 18.5. The predicted octanol–water partition coefficient (Wildman–Crippen LogP) is 5.00. The molecule has 4 nitrogen and oxygen atoms in total. The number of nitrogens with zero attached hydrogens (tertiary/aromatic N) is 1. The number of benzene rings is 1. The van der Waals surface area contributed by atoms with Gasteiger partial charge in [0.1, 0.15) is 0 Å². The number of unbranched alkanes of at least 4 members (excludes halogenated alkanes) is 3. The SMILES string of the molecule is CCCCCCC(/C=C/c1ccc(Cl)c(Cl)c1)=N\NC(N)=O. The summed E-state index contributed by atoms with van der Waals surface area (Å²) >= 11 is 11.9. The van der Waals surface area contributed by atoms with Crippen LogP contribution in [0.5, 0.6) is 0 Å². The Bertz CT molecular complexity index is 556. The summed E-state index contributed by atoms with van der Waals surface area (Å²) in [6, 6.07) is 4.70. The van der Waals surface area contributed by atoms with Crippen LogP contribution in [0.1, 0.15) is 44.6 Å². The van der Waals surface area contributed by atoms with Crippen molar-refractivity contribution in [3.8, 4) is 0 Å². The molecule has 0 aliphatic carbocycles. The fourth-order valence-electron chi connectivity index (χ4n) is 1.84. The van der Waals surface area contributed by atoms with E-state index in [1.165, 1.54) is 12.8 Å². The number of carbonyl (C=O) groups excluding carboxylic acids is 1. The third-order valence-electron chi connectivity index (χ3n) is 3.01. The lowest BCUT2D eigenvalue weighted by atomic mass is 10.1. The molecule has 0 saturated heterocycles. The number of hydrazone groups is 1. The van der Waals surface area contributed by atoms with Gasteiger partial charge in [0, 0.05) is 0 Å². The van der Waals surface area contributed by atoms with Crippen LogP contribution in [0.2, 0.25) is 10.0 Å². The summed E-state index contributed by atoms with van der Waals surface area (Å²) < 4.78 is 0. The summed E-state index contributed by atoms with van der Waals surface area (Å²) in [4.78, 5) is 10.8. The number of nitrogens with one attached hydrogen (secondary N) is 1. The lowest BCUT2D eigenvalue weighted by Crippen LogP contribution is -2.25. The summed E-state index contributed by atoms with van der Waals surface area (Å²) in [6.45, 7) is 2.16. The van der Waals surface area contributed by atoms with Gasteiger partial charge in [0.25, 0.3) is 0 Å². The number of halogens is 2. The van der Waals surface area contributed by atoms with E-state index < -0.39 is 6.03 Å². The minimum atomic E-state index is -0.672. The Balaban J connectivity index is 2.72. The molecule has 0 aliphatic heterocycles. The van der Waals surface area contributed by atoms with Gasteiger partial charge in [0.05, 0.1) is 15.8 Å². The maximum atomic E-state index is 10.8. The second-order valence-corrected chi connectivity index (χ2v) is 5.71. The first-order chi connectivity index (χ1) is 10.5. The van der Waals surface area contributed by atoms with E-state index >= 15 is 0 Å². The Hall–Kier alpha value is -1.52. The normalized spacial score (nSPS) is 11.9. The van der Waals surface area contributed by atoms with Crippen molar-refractivity contribution in [3.05, 3.63) is 39.9 Å². The lowest BCUT2D eigenvalue weighted by Gasteiger charge is -2.03. The van der Waals surface area contributed by atoms with Gasteiger partial charge in [0.15, 0.2) is 0 Å². The molecule has 0 aromatic heterocycles. The van der Waals surface area contributed by atoms with Crippen molar-refractivity contribution in [2.24, 2.45) is 10.8 Å². The van der Waals surface area contributed by atoms with Gasteiger partial charge >= 0.3 is 6.03 Å². The Morgan fingerprint density at radius 1 is 1.27 bits per heavy atom. The number of hydrogen-bond acceptors (Lipinski definition) is 2. The van der Waals surface area contributed by atoms with Gasteiger partial charge in [-0.2, -0.15) is 5.10 Å². The molecule has 2 amide bonds. The smallest absolute Gasteiger partial charge is 0.332 e. The van der Waals surface area contributed by atoms with E-state index in [-0.39, 0.29) is 0 Å². The summed E-state index contributed by atoms with van der Waals surface area (Å²) in [7, 11) is 0. The van der Waals surface area contributed by atoms with Crippen LogP contribution in [0.3, 0.4) is 0 Å². The maximum Gasteiger partial charge on any atom is 0.332 e. The van der Waals surface area contributed by atoms with Crippen molar-refractivity contribution in [3.63, 3.8) is 0 Å². The number of urea groups is 1. The zero-order valence-corrected chi connectivity index (χ0v) is 14.1. The average Bonchev–Trinajstić information content (AvgIpc) is 2.48. The van der Waals surface area contributed by atoms with E-state index in [1.54, 1.807) is 12.1 Å². The van der Waals surface area contributed by atoms with Crippen molar-refractivity contribution >= 4 is 41.0 Å². The van der Waals surface area contributed by atoms with E-state index in [2.05, 4.69) is 17.5 Å². The molecular formula is C16H21Cl2N3O. The van der Waals surface area contributed by atoms with Gasteiger partial charge in [-0.05, 0) is 36.6 Å². The van der Waals surface area contributed by atoms with Gasteiger partial charge in [-0.15, -0.1) is 0 Å². The van der Waals surface area contributed by atoms with Gasteiger partial charge < -0.3 is 5.73 Å². The molecule has 1 aromatic carbocycles. The molecule has 0 heterocycles. The number of carbonyl (C=O) groups is 1. The first-order valence-electron chi connectivity index (χ1n) is 7.28. The number of amides is 2. The number of nitrogens with two attached hydrogens (primary N) is 1. The number of primary amides is 1. The number of allylic oxidation sites excluding steroid dienone is 1. The highest BCUT2D eigenvalue weighted by atomic mass is 35.5. The first-order valence-corrected chi connectivity index (χ1v) is 8.03. The molecule has 22 heavy (non-hydrogen) atoms. The molecule has 0 radical (unpaired) electrons. The monoisotopic (exact) mass is 341 g/mol. The van der Waals surface area contributed by atoms with Gasteiger partial charge in [-0.3, -0.25) is 0 Å². The van der Waals surface area contributed by atoms with E-state index in [4.69, 9.17) is 28.9 Å². The lowest BCUT2D eigenvalue weighted by molar-refractivity contribution is 0.249. The van der Waals surface area contributed by atoms with E-state index in [0.717, 1.165) is 30.5 Å². The summed E-state index contributed by atoms with van der Waals surface area (Å²) in [5.41, 5.74) is 9.00. The summed E-state index contributed by atoms with van der Waals surface area (Å²) in [6.07, 6.45) is 9.01. The van der Waals surface area contributed by atoms with Crippen molar-refractivity contribution in [1.29, 1.82) is 0 Å². The summed E-state index contributed by atoms with van der Waals surface area (Å²) in [5, 5.41) is 5.04. The maximum absolute atomic E-state index is 10.8. The zero-order chi connectivity index (χ0) is 16.4. The van der Waals surface area contributed by atoms with E-state index in [0.29, 0.717) is 10.0 Å². The van der Waals surface area contributed by atoms with Crippen LogP contribution in [0.4, 0.5) is 4.79 Å². The Morgan fingerprint density at radius 2 is 2.05 bits per heavy atom. The molecule has 0 fully saturated rings. The molecule has 0 unspecified atom stereocenters. The molecule has 120 valence electrons.